The minimum Gasteiger partial charge on any atom is -0.480 e. The molecule has 2 N–H and O–H groups in total. The van der Waals surface area contributed by atoms with E-state index in [1.54, 1.807) is 6.07 Å². The van der Waals surface area contributed by atoms with Crippen LogP contribution in [0.4, 0.5) is 10.5 Å². The highest BCUT2D eigenvalue weighted by molar-refractivity contribution is 9.10. The molecule has 0 bridgehead atoms. The van der Waals surface area contributed by atoms with Gasteiger partial charge >= 0.3 is 12.0 Å². The predicted octanol–water partition coefficient (Wildman–Crippen LogP) is 1.87. The Hall–Kier alpha value is -2.51. The van der Waals surface area contributed by atoms with Gasteiger partial charge < -0.3 is 15.3 Å². The molecular formula is C13H10BrN3O3. The molecular weight excluding hydrogens is 326 g/mol. The van der Waals surface area contributed by atoms with Crippen LogP contribution in [0.1, 0.15) is 5.56 Å². The van der Waals surface area contributed by atoms with Crippen LogP contribution in [0.5, 0.6) is 0 Å². The fraction of sp³-hybridized carbons (Fsp3) is 0.154. The summed E-state index contributed by atoms with van der Waals surface area (Å²) in [5, 5.41) is 20.0. The minimum absolute atomic E-state index is 0.119. The number of nitrogens with zero attached hydrogens (tertiary/aromatic N) is 2. The Balaban J connectivity index is 2.86. The average Bonchev–Trinajstić information content (AvgIpc) is 2.40. The number of nitrogens with one attached hydrogen (secondary N) is 1. The number of amides is 2. The van der Waals surface area contributed by atoms with Gasteiger partial charge in [0.2, 0.25) is 0 Å². The van der Waals surface area contributed by atoms with Gasteiger partial charge in [0.1, 0.15) is 6.54 Å². The van der Waals surface area contributed by atoms with Crippen molar-refractivity contribution in [3.8, 4) is 18.4 Å². The summed E-state index contributed by atoms with van der Waals surface area (Å²) in [6, 6.07) is 5.94. The lowest BCUT2D eigenvalue weighted by Gasteiger charge is -2.19. The minimum atomic E-state index is -1.16. The molecule has 0 spiro atoms. The lowest BCUT2D eigenvalue weighted by molar-refractivity contribution is -0.137. The van der Waals surface area contributed by atoms with Gasteiger partial charge in [0, 0.05) is 4.47 Å². The van der Waals surface area contributed by atoms with Gasteiger partial charge in [-0.05, 0) is 34.1 Å². The molecule has 20 heavy (non-hydrogen) atoms. The van der Waals surface area contributed by atoms with E-state index >= 15 is 0 Å². The normalized spacial score (nSPS) is 9.15. The van der Waals surface area contributed by atoms with E-state index in [1.807, 2.05) is 6.07 Å². The number of rotatable bonds is 4. The molecule has 7 heteroatoms. The van der Waals surface area contributed by atoms with Crippen LogP contribution in [-0.2, 0) is 4.79 Å². The Morgan fingerprint density at radius 1 is 1.50 bits per heavy atom. The van der Waals surface area contributed by atoms with Gasteiger partial charge in [0.15, 0.2) is 0 Å². The molecule has 1 aromatic carbocycles. The van der Waals surface area contributed by atoms with Gasteiger partial charge in [-0.1, -0.05) is 5.92 Å². The molecule has 0 heterocycles. The fourth-order valence-corrected chi connectivity index (χ4v) is 1.83. The van der Waals surface area contributed by atoms with Gasteiger partial charge in [0.05, 0.1) is 23.9 Å². The van der Waals surface area contributed by atoms with Crippen molar-refractivity contribution in [2.75, 3.05) is 18.4 Å². The average molecular weight is 336 g/mol. The topological polar surface area (TPSA) is 93.4 Å². The number of anilines is 1. The zero-order valence-electron chi connectivity index (χ0n) is 10.3. The monoisotopic (exact) mass is 335 g/mol. The third-order valence-corrected chi connectivity index (χ3v) is 2.89. The molecule has 0 saturated carbocycles. The highest BCUT2D eigenvalue weighted by atomic mass is 79.9. The maximum Gasteiger partial charge on any atom is 0.323 e. The quantitative estimate of drug-likeness (QED) is 0.821. The largest absolute Gasteiger partial charge is 0.480 e. The molecule has 2 amide bonds. The SMILES string of the molecule is C#CCN(CC(=O)O)C(=O)Nc1ccc(C#N)cc1Br. The summed E-state index contributed by atoms with van der Waals surface area (Å²) in [5.74, 6) is 1.06. The molecule has 0 atom stereocenters. The van der Waals surface area contributed by atoms with Crippen molar-refractivity contribution in [1.82, 2.24) is 4.90 Å². The molecule has 102 valence electrons. The first-order valence-electron chi connectivity index (χ1n) is 5.38. The molecule has 0 saturated heterocycles. The van der Waals surface area contributed by atoms with Crippen LogP contribution < -0.4 is 5.32 Å². The Labute approximate surface area is 124 Å². The number of urea groups is 1. The molecule has 0 aliphatic rings. The zero-order chi connectivity index (χ0) is 15.1. The number of nitriles is 1. The molecule has 0 aliphatic carbocycles. The maximum atomic E-state index is 11.9. The van der Waals surface area contributed by atoms with Crippen molar-refractivity contribution in [2.45, 2.75) is 0 Å². The molecule has 0 fully saturated rings. The summed E-state index contributed by atoms with van der Waals surface area (Å²) in [7, 11) is 0. The van der Waals surface area contributed by atoms with Crippen LogP contribution >= 0.6 is 15.9 Å². The van der Waals surface area contributed by atoms with Crippen LogP contribution in [0, 0.1) is 23.7 Å². The van der Waals surface area contributed by atoms with Crippen molar-refractivity contribution < 1.29 is 14.7 Å². The zero-order valence-corrected chi connectivity index (χ0v) is 11.8. The van der Waals surface area contributed by atoms with E-state index in [0.717, 1.165) is 4.90 Å². The Kier molecular flexibility index (Phi) is 5.57. The lowest BCUT2D eigenvalue weighted by Crippen LogP contribution is -2.39. The highest BCUT2D eigenvalue weighted by Gasteiger charge is 2.16. The molecule has 1 rings (SSSR count). The molecule has 0 unspecified atom stereocenters. The molecule has 0 aromatic heterocycles. The third-order valence-electron chi connectivity index (χ3n) is 2.24. The van der Waals surface area contributed by atoms with Crippen LogP contribution in [-0.4, -0.2) is 35.1 Å². The molecule has 0 aliphatic heterocycles. The van der Waals surface area contributed by atoms with E-state index in [-0.39, 0.29) is 6.54 Å². The number of carbonyl (C=O) groups excluding carboxylic acids is 1. The summed E-state index contributed by atoms with van der Waals surface area (Å²) < 4.78 is 0.515. The number of carbonyl (C=O) groups is 2. The van der Waals surface area contributed by atoms with Crippen LogP contribution in [0.2, 0.25) is 0 Å². The summed E-state index contributed by atoms with van der Waals surface area (Å²) in [5.41, 5.74) is 0.849. The lowest BCUT2D eigenvalue weighted by atomic mass is 10.2. The first-order chi connectivity index (χ1) is 9.47. The second-order valence-corrected chi connectivity index (χ2v) is 4.54. The number of halogens is 1. The van der Waals surface area contributed by atoms with Crippen LogP contribution in [0.3, 0.4) is 0 Å². The molecule has 0 radical (unpaired) electrons. The predicted molar refractivity (Wildman–Crippen MR) is 75.9 cm³/mol. The Morgan fingerprint density at radius 3 is 2.70 bits per heavy atom. The summed E-state index contributed by atoms with van der Waals surface area (Å²) in [6.07, 6.45) is 5.09. The summed E-state index contributed by atoms with van der Waals surface area (Å²) in [4.78, 5) is 23.6. The Morgan fingerprint density at radius 2 is 2.20 bits per heavy atom. The van der Waals surface area contributed by atoms with Gasteiger partial charge in [-0.25, -0.2) is 4.79 Å². The number of hydrogen-bond donors (Lipinski definition) is 2. The van der Waals surface area contributed by atoms with E-state index in [4.69, 9.17) is 16.8 Å². The van der Waals surface area contributed by atoms with Crippen molar-refractivity contribution in [3.63, 3.8) is 0 Å². The highest BCUT2D eigenvalue weighted by Crippen LogP contribution is 2.23. The first-order valence-corrected chi connectivity index (χ1v) is 6.18. The van der Waals surface area contributed by atoms with Crippen molar-refractivity contribution in [1.29, 1.82) is 5.26 Å². The molecule has 1 aromatic rings. The second kappa shape index (κ2) is 7.17. The van der Waals surface area contributed by atoms with E-state index in [1.165, 1.54) is 12.1 Å². The number of aliphatic carboxylic acids is 1. The van der Waals surface area contributed by atoms with E-state index in [9.17, 15) is 9.59 Å². The summed E-state index contributed by atoms with van der Waals surface area (Å²) in [6.45, 7) is -0.615. The third kappa shape index (κ3) is 4.30. The van der Waals surface area contributed by atoms with Gasteiger partial charge in [-0.15, -0.1) is 6.42 Å². The van der Waals surface area contributed by atoms with Gasteiger partial charge in [0.25, 0.3) is 0 Å². The van der Waals surface area contributed by atoms with E-state index in [0.29, 0.717) is 15.7 Å². The number of benzene rings is 1. The second-order valence-electron chi connectivity index (χ2n) is 3.69. The first kappa shape index (κ1) is 15.5. The van der Waals surface area contributed by atoms with E-state index in [2.05, 4.69) is 27.2 Å². The number of hydrogen-bond acceptors (Lipinski definition) is 3. The fourth-order valence-electron chi connectivity index (χ4n) is 1.35. The number of terminal acetylenes is 1. The van der Waals surface area contributed by atoms with Crippen molar-refractivity contribution in [3.05, 3.63) is 28.2 Å². The van der Waals surface area contributed by atoms with Crippen molar-refractivity contribution in [2.24, 2.45) is 0 Å². The standard InChI is InChI=1S/C13H10BrN3O3/c1-2-5-17(8-12(18)19)13(20)16-11-4-3-9(7-15)6-10(11)14/h1,3-4,6H,5,8H2,(H,16,20)(H,18,19). The molecule has 6 nitrogen and oxygen atoms in total. The van der Waals surface area contributed by atoms with Crippen molar-refractivity contribution >= 4 is 33.6 Å². The van der Waals surface area contributed by atoms with Gasteiger partial charge in [-0.2, -0.15) is 5.26 Å². The van der Waals surface area contributed by atoms with Crippen LogP contribution in [0.25, 0.3) is 0 Å². The van der Waals surface area contributed by atoms with E-state index < -0.39 is 18.5 Å². The smallest absolute Gasteiger partial charge is 0.323 e. The Bertz CT molecular complexity index is 616. The number of carboxylic acid groups (broad SMARTS) is 1. The summed E-state index contributed by atoms with van der Waals surface area (Å²) >= 11 is 3.21. The number of carboxylic acids is 1. The van der Waals surface area contributed by atoms with Crippen LogP contribution in [0.15, 0.2) is 22.7 Å². The van der Waals surface area contributed by atoms with Gasteiger partial charge in [-0.3, -0.25) is 4.79 Å². The maximum absolute atomic E-state index is 11.9.